The van der Waals surface area contributed by atoms with Crippen LogP contribution in [0.3, 0.4) is 0 Å². The molecule has 1 fully saturated rings. The summed E-state index contributed by atoms with van der Waals surface area (Å²) in [4.78, 5) is 0.311. The van der Waals surface area contributed by atoms with Crippen LogP contribution in [-0.2, 0) is 21.2 Å². The molecule has 0 amide bonds. The van der Waals surface area contributed by atoms with E-state index >= 15 is 0 Å². The van der Waals surface area contributed by atoms with Crippen molar-refractivity contribution in [1.29, 1.82) is 0 Å². The molecule has 2 N–H and O–H groups in total. The van der Waals surface area contributed by atoms with Crippen LogP contribution < -0.4 is 10.5 Å². The molecule has 1 unspecified atom stereocenters. The third-order valence-corrected chi connectivity index (χ3v) is 5.71. The lowest BCUT2D eigenvalue weighted by Gasteiger charge is -2.19. The third-order valence-electron chi connectivity index (χ3n) is 3.74. The summed E-state index contributed by atoms with van der Waals surface area (Å²) in [5, 5.41) is 0. The van der Waals surface area contributed by atoms with Gasteiger partial charge in [0.2, 0.25) is 10.0 Å². The summed E-state index contributed by atoms with van der Waals surface area (Å²) in [5.74, 6) is 0.633. The average molecular weight is 314 g/mol. The van der Waals surface area contributed by atoms with Crippen LogP contribution in [0.2, 0.25) is 0 Å². The number of nitrogens with zero attached hydrogens (tertiary/aromatic N) is 1. The third kappa shape index (κ3) is 3.37. The van der Waals surface area contributed by atoms with Gasteiger partial charge in [0.1, 0.15) is 5.75 Å². The summed E-state index contributed by atoms with van der Waals surface area (Å²) in [6.07, 6.45) is 1.18. The van der Waals surface area contributed by atoms with Crippen LogP contribution in [0.5, 0.6) is 5.75 Å². The maximum absolute atomic E-state index is 12.8. The van der Waals surface area contributed by atoms with Gasteiger partial charge in [0.15, 0.2) is 0 Å². The van der Waals surface area contributed by atoms with E-state index in [2.05, 4.69) is 0 Å². The predicted octanol–water partition coefficient (Wildman–Crippen LogP) is 0.606. The first kappa shape index (κ1) is 16.2. The van der Waals surface area contributed by atoms with Gasteiger partial charge in [0.25, 0.3) is 0 Å². The van der Waals surface area contributed by atoms with Gasteiger partial charge >= 0.3 is 0 Å². The summed E-state index contributed by atoms with van der Waals surface area (Å²) in [5.41, 5.74) is 6.28. The van der Waals surface area contributed by atoms with Gasteiger partial charge < -0.3 is 15.2 Å². The van der Waals surface area contributed by atoms with Gasteiger partial charge in [0, 0.05) is 20.2 Å². The molecule has 2 rings (SSSR count). The second-order valence-corrected chi connectivity index (χ2v) is 6.93. The number of hydrogen-bond donors (Lipinski definition) is 1. The topological polar surface area (TPSA) is 81.9 Å². The molecule has 1 saturated heterocycles. The predicted molar refractivity (Wildman–Crippen MR) is 79.9 cm³/mol. The van der Waals surface area contributed by atoms with Gasteiger partial charge in [-0.15, -0.1) is 0 Å². The Morgan fingerprint density at radius 1 is 1.38 bits per heavy atom. The SMILES string of the molecule is COc1ccc(S(=O)(=O)N2CCC(OC)C2)c(CCN)c1. The molecule has 118 valence electrons. The summed E-state index contributed by atoms with van der Waals surface area (Å²) in [6.45, 7) is 1.26. The highest BCUT2D eigenvalue weighted by molar-refractivity contribution is 7.89. The Morgan fingerprint density at radius 3 is 2.71 bits per heavy atom. The van der Waals surface area contributed by atoms with Crippen LogP contribution in [0.1, 0.15) is 12.0 Å². The Hall–Kier alpha value is -1.15. The number of hydrogen-bond acceptors (Lipinski definition) is 5. The Bertz CT molecular complexity index is 589. The molecular formula is C14H22N2O4S. The van der Waals surface area contributed by atoms with E-state index in [1.165, 1.54) is 4.31 Å². The van der Waals surface area contributed by atoms with Crippen molar-refractivity contribution < 1.29 is 17.9 Å². The molecule has 1 aromatic carbocycles. The lowest BCUT2D eigenvalue weighted by atomic mass is 10.1. The smallest absolute Gasteiger partial charge is 0.243 e. The van der Waals surface area contributed by atoms with Gasteiger partial charge in [-0.05, 0) is 43.1 Å². The molecule has 7 heteroatoms. The number of sulfonamides is 1. The van der Waals surface area contributed by atoms with E-state index in [4.69, 9.17) is 15.2 Å². The fraction of sp³-hybridized carbons (Fsp3) is 0.571. The maximum atomic E-state index is 12.8. The molecule has 6 nitrogen and oxygen atoms in total. The molecule has 0 spiro atoms. The Balaban J connectivity index is 2.35. The zero-order chi connectivity index (χ0) is 15.5. The van der Waals surface area contributed by atoms with Crippen LogP contribution >= 0.6 is 0 Å². The lowest BCUT2D eigenvalue weighted by molar-refractivity contribution is 0.115. The number of nitrogens with two attached hydrogens (primary N) is 1. The van der Waals surface area contributed by atoms with Crippen LogP contribution in [0.4, 0.5) is 0 Å². The fourth-order valence-corrected chi connectivity index (χ4v) is 4.25. The van der Waals surface area contributed by atoms with Crippen LogP contribution in [0.25, 0.3) is 0 Å². The van der Waals surface area contributed by atoms with E-state index in [9.17, 15) is 8.42 Å². The van der Waals surface area contributed by atoms with E-state index < -0.39 is 10.0 Å². The monoisotopic (exact) mass is 314 g/mol. The highest BCUT2D eigenvalue weighted by atomic mass is 32.2. The van der Waals surface area contributed by atoms with Crippen molar-refractivity contribution in [2.24, 2.45) is 5.73 Å². The first-order chi connectivity index (χ1) is 10.0. The highest BCUT2D eigenvalue weighted by Gasteiger charge is 2.33. The van der Waals surface area contributed by atoms with E-state index in [-0.39, 0.29) is 6.10 Å². The van der Waals surface area contributed by atoms with Gasteiger partial charge in [-0.3, -0.25) is 0 Å². The Kier molecular flexibility index (Phi) is 5.21. The standard InChI is InChI=1S/C14H22N2O4S/c1-19-12-3-4-14(11(9-12)5-7-15)21(17,18)16-8-6-13(10-16)20-2/h3-4,9,13H,5-8,10,15H2,1-2H3. The molecular weight excluding hydrogens is 292 g/mol. The van der Waals surface area contributed by atoms with Crippen molar-refractivity contribution in [2.75, 3.05) is 33.9 Å². The molecule has 0 radical (unpaired) electrons. The van der Waals surface area contributed by atoms with Gasteiger partial charge in [0.05, 0.1) is 18.1 Å². The summed E-state index contributed by atoms with van der Waals surface area (Å²) >= 11 is 0. The van der Waals surface area contributed by atoms with E-state index in [0.717, 1.165) is 6.42 Å². The van der Waals surface area contributed by atoms with Crippen molar-refractivity contribution in [3.8, 4) is 5.75 Å². The molecule has 0 saturated carbocycles. The van der Waals surface area contributed by atoms with Crippen molar-refractivity contribution in [3.63, 3.8) is 0 Å². The first-order valence-electron chi connectivity index (χ1n) is 6.93. The molecule has 1 atom stereocenters. The molecule has 0 bridgehead atoms. The van der Waals surface area contributed by atoms with Crippen molar-refractivity contribution in [3.05, 3.63) is 23.8 Å². The van der Waals surface area contributed by atoms with Crippen LogP contribution in [0, 0.1) is 0 Å². The zero-order valence-corrected chi connectivity index (χ0v) is 13.2. The van der Waals surface area contributed by atoms with Crippen LogP contribution in [0.15, 0.2) is 23.1 Å². The van der Waals surface area contributed by atoms with Crippen LogP contribution in [-0.4, -0.2) is 52.7 Å². The largest absolute Gasteiger partial charge is 0.497 e. The van der Waals surface area contributed by atoms with E-state index in [0.29, 0.717) is 42.3 Å². The minimum atomic E-state index is -3.52. The van der Waals surface area contributed by atoms with Crippen molar-refractivity contribution in [1.82, 2.24) is 4.31 Å². The van der Waals surface area contributed by atoms with Gasteiger partial charge in [-0.2, -0.15) is 4.31 Å². The molecule has 1 aliphatic rings. The Labute approximate surface area is 125 Å². The van der Waals surface area contributed by atoms with Crippen molar-refractivity contribution in [2.45, 2.75) is 23.8 Å². The first-order valence-corrected chi connectivity index (χ1v) is 8.37. The summed E-state index contributed by atoms with van der Waals surface area (Å²) in [7, 11) is -0.357. The normalized spacial score (nSPS) is 19.9. The number of ether oxygens (including phenoxy) is 2. The molecule has 0 aromatic heterocycles. The zero-order valence-electron chi connectivity index (χ0n) is 12.4. The molecule has 0 aliphatic carbocycles. The number of benzene rings is 1. The van der Waals surface area contributed by atoms with Gasteiger partial charge in [-0.1, -0.05) is 0 Å². The lowest BCUT2D eigenvalue weighted by Crippen LogP contribution is -2.31. The summed E-state index contributed by atoms with van der Waals surface area (Å²) < 4.78 is 37.4. The Morgan fingerprint density at radius 2 is 2.14 bits per heavy atom. The average Bonchev–Trinajstić information content (AvgIpc) is 2.97. The highest BCUT2D eigenvalue weighted by Crippen LogP contribution is 2.27. The minimum absolute atomic E-state index is 0.0315. The molecule has 1 heterocycles. The molecule has 1 aliphatic heterocycles. The second-order valence-electron chi connectivity index (χ2n) is 5.02. The van der Waals surface area contributed by atoms with Gasteiger partial charge in [-0.25, -0.2) is 8.42 Å². The molecule has 21 heavy (non-hydrogen) atoms. The number of methoxy groups -OCH3 is 2. The second kappa shape index (κ2) is 6.74. The molecule has 1 aromatic rings. The van der Waals surface area contributed by atoms with E-state index in [1.54, 1.807) is 32.4 Å². The quantitative estimate of drug-likeness (QED) is 0.832. The fourth-order valence-electron chi connectivity index (χ4n) is 2.53. The summed E-state index contributed by atoms with van der Waals surface area (Å²) in [6, 6.07) is 5.00. The van der Waals surface area contributed by atoms with Crippen molar-refractivity contribution >= 4 is 10.0 Å². The van der Waals surface area contributed by atoms with E-state index in [1.807, 2.05) is 0 Å². The minimum Gasteiger partial charge on any atom is -0.497 e. The maximum Gasteiger partial charge on any atom is 0.243 e. The number of rotatable bonds is 6.